The molecule has 0 saturated carbocycles. The van der Waals surface area contributed by atoms with Crippen LogP contribution in [0.15, 0.2) is 54.6 Å². The van der Waals surface area contributed by atoms with Crippen molar-refractivity contribution in [3.63, 3.8) is 0 Å². The van der Waals surface area contributed by atoms with Gasteiger partial charge in [-0.2, -0.15) is 9.61 Å². The molecule has 1 aliphatic heterocycles. The molecule has 0 unspecified atom stereocenters. The second-order valence-corrected chi connectivity index (χ2v) is 9.05. The summed E-state index contributed by atoms with van der Waals surface area (Å²) in [5.74, 6) is 1.81. The van der Waals surface area contributed by atoms with E-state index in [2.05, 4.69) is 21.9 Å². The fourth-order valence-corrected chi connectivity index (χ4v) is 5.20. The standard InChI is InChI=1S/C27H28FN5O/c1-34-22-6-4-5-19(17-22)25-18-26-29-24-8-3-2-7-23(24)27(33(26)30-25)32-15-13-31(14-16-32)21-11-9-20(28)10-12-21/h4-6,9-12,17-18H,2-3,7-8,13-16H2,1H3. The van der Waals surface area contributed by atoms with Gasteiger partial charge < -0.3 is 14.5 Å². The van der Waals surface area contributed by atoms with E-state index < -0.39 is 0 Å². The molecule has 7 heteroatoms. The number of fused-ring (bicyclic) bond motifs is 2. The molecule has 1 fully saturated rings. The lowest BCUT2D eigenvalue weighted by molar-refractivity contribution is 0.415. The summed E-state index contributed by atoms with van der Waals surface area (Å²) in [6.07, 6.45) is 4.44. The Kier molecular flexibility index (Phi) is 5.32. The lowest BCUT2D eigenvalue weighted by Gasteiger charge is -2.38. The van der Waals surface area contributed by atoms with Crippen LogP contribution in [0.3, 0.4) is 0 Å². The first-order valence-corrected chi connectivity index (χ1v) is 12.0. The summed E-state index contributed by atoms with van der Waals surface area (Å²) in [5.41, 5.74) is 6.45. The Balaban J connectivity index is 1.37. The third-order valence-electron chi connectivity index (χ3n) is 6.99. The Hall–Kier alpha value is -3.61. The van der Waals surface area contributed by atoms with Crippen LogP contribution in [-0.2, 0) is 12.8 Å². The van der Waals surface area contributed by atoms with Crippen molar-refractivity contribution in [2.24, 2.45) is 0 Å². The van der Waals surface area contributed by atoms with Gasteiger partial charge >= 0.3 is 0 Å². The second kappa shape index (κ2) is 8.63. The van der Waals surface area contributed by atoms with Crippen molar-refractivity contribution >= 4 is 17.2 Å². The van der Waals surface area contributed by atoms with Gasteiger partial charge in [0.2, 0.25) is 0 Å². The predicted molar refractivity (Wildman–Crippen MR) is 132 cm³/mol. The zero-order chi connectivity index (χ0) is 23.1. The number of rotatable bonds is 4. The van der Waals surface area contributed by atoms with Gasteiger partial charge in [-0.1, -0.05) is 12.1 Å². The highest BCUT2D eigenvalue weighted by Crippen LogP contribution is 2.33. The number of aryl methyl sites for hydroxylation is 1. The van der Waals surface area contributed by atoms with Gasteiger partial charge in [-0.25, -0.2) is 9.37 Å². The molecule has 1 saturated heterocycles. The molecule has 4 aromatic rings. The lowest BCUT2D eigenvalue weighted by atomic mass is 9.96. The van der Waals surface area contributed by atoms with Crippen molar-refractivity contribution in [3.05, 3.63) is 71.7 Å². The van der Waals surface area contributed by atoms with Crippen LogP contribution < -0.4 is 14.5 Å². The van der Waals surface area contributed by atoms with Crippen LogP contribution in [0.4, 0.5) is 15.9 Å². The van der Waals surface area contributed by atoms with E-state index in [4.69, 9.17) is 14.8 Å². The van der Waals surface area contributed by atoms with Crippen LogP contribution in [0.1, 0.15) is 24.1 Å². The van der Waals surface area contributed by atoms with E-state index in [1.165, 1.54) is 42.0 Å². The maximum Gasteiger partial charge on any atom is 0.158 e. The molecule has 174 valence electrons. The van der Waals surface area contributed by atoms with Gasteiger partial charge in [0.15, 0.2) is 5.65 Å². The van der Waals surface area contributed by atoms with E-state index in [1.54, 1.807) is 7.11 Å². The number of aromatic nitrogens is 3. The molecule has 0 amide bonds. The first-order chi connectivity index (χ1) is 16.7. The third-order valence-corrected chi connectivity index (χ3v) is 6.99. The van der Waals surface area contributed by atoms with Gasteiger partial charge in [-0.05, 0) is 62.1 Å². The van der Waals surface area contributed by atoms with Crippen LogP contribution in [0.2, 0.25) is 0 Å². The van der Waals surface area contributed by atoms with Gasteiger partial charge in [0.25, 0.3) is 0 Å². The quantitative estimate of drug-likeness (QED) is 0.443. The number of halogens is 1. The number of nitrogens with zero attached hydrogens (tertiary/aromatic N) is 5. The molecule has 34 heavy (non-hydrogen) atoms. The number of hydrogen-bond acceptors (Lipinski definition) is 5. The monoisotopic (exact) mass is 457 g/mol. The number of methoxy groups -OCH3 is 1. The second-order valence-electron chi connectivity index (χ2n) is 9.05. The fraction of sp³-hybridized carbons (Fsp3) is 0.333. The number of benzene rings is 2. The van der Waals surface area contributed by atoms with E-state index >= 15 is 0 Å². The molecule has 0 N–H and O–H groups in total. The van der Waals surface area contributed by atoms with Gasteiger partial charge in [-0.15, -0.1) is 0 Å². The van der Waals surface area contributed by atoms with Crippen molar-refractivity contribution < 1.29 is 9.13 Å². The molecule has 2 aromatic heterocycles. The zero-order valence-corrected chi connectivity index (χ0v) is 19.4. The van der Waals surface area contributed by atoms with Gasteiger partial charge in [-0.3, -0.25) is 0 Å². The summed E-state index contributed by atoms with van der Waals surface area (Å²) in [4.78, 5) is 9.81. The highest BCUT2D eigenvalue weighted by atomic mass is 19.1. The Morgan fingerprint density at radius 3 is 2.44 bits per heavy atom. The van der Waals surface area contributed by atoms with E-state index in [1.807, 2.05) is 34.8 Å². The maximum absolute atomic E-state index is 13.4. The minimum absolute atomic E-state index is 0.196. The van der Waals surface area contributed by atoms with Crippen molar-refractivity contribution in [1.29, 1.82) is 0 Å². The smallest absolute Gasteiger partial charge is 0.158 e. The lowest BCUT2D eigenvalue weighted by Crippen LogP contribution is -2.47. The number of hydrogen-bond donors (Lipinski definition) is 0. The largest absolute Gasteiger partial charge is 0.497 e. The third kappa shape index (κ3) is 3.75. The first-order valence-electron chi connectivity index (χ1n) is 12.0. The SMILES string of the molecule is COc1cccc(-c2cc3nc4c(c(N5CCN(c6ccc(F)cc6)CC5)n3n2)CCCC4)c1. The van der Waals surface area contributed by atoms with Crippen LogP contribution >= 0.6 is 0 Å². The summed E-state index contributed by atoms with van der Waals surface area (Å²) in [6, 6.07) is 16.9. The summed E-state index contributed by atoms with van der Waals surface area (Å²) < 4.78 is 20.8. The average molecular weight is 458 g/mol. The van der Waals surface area contributed by atoms with Gasteiger partial charge in [0.05, 0.1) is 12.8 Å². The first kappa shape index (κ1) is 21.0. The van der Waals surface area contributed by atoms with E-state index in [0.29, 0.717) is 0 Å². The van der Waals surface area contributed by atoms with Crippen LogP contribution in [-0.4, -0.2) is 47.9 Å². The Labute approximate surface area is 198 Å². The normalized spacial score (nSPS) is 16.1. The molecule has 6 rings (SSSR count). The topological polar surface area (TPSA) is 45.9 Å². The van der Waals surface area contributed by atoms with Crippen molar-refractivity contribution in [3.8, 4) is 17.0 Å². The van der Waals surface area contributed by atoms with Crippen LogP contribution in [0.5, 0.6) is 5.75 Å². The number of piperazine rings is 1. The highest BCUT2D eigenvalue weighted by molar-refractivity contribution is 5.68. The molecule has 3 heterocycles. The molecule has 2 aliphatic rings. The van der Waals surface area contributed by atoms with E-state index in [9.17, 15) is 4.39 Å². The summed E-state index contributed by atoms with van der Waals surface area (Å²) >= 11 is 0. The van der Waals surface area contributed by atoms with Crippen molar-refractivity contribution in [2.45, 2.75) is 25.7 Å². The van der Waals surface area contributed by atoms with E-state index in [0.717, 1.165) is 67.4 Å². The molecule has 0 spiro atoms. The van der Waals surface area contributed by atoms with Crippen molar-refractivity contribution in [1.82, 2.24) is 14.6 Å². The molecular formula is C27H28FN5O. The predicted octanol–water partition coefficient (Wildman–Crippen LogP) is 4.75. The van der Waals surface area contributed by atoms with Crippen LogP contribution in [0, 0.1) is 5.82 Å². The minimum atomic E-state index is -0.196. The summed E-state index contributed by atoms with van der Waals surface area (Å²) in [7, 11) is 1.68. The molecular weight excluding hydrogens is 429 g/mol. The minimum Gasteiger partial charge on any atom is -0.497 e. The highest BCUT2D eigenvalue weighted by Gasteiger charge is 2.27. The molecule has 1 aliphatic carbocycles. The number of ether oxygens (including phenoxy) is 1. The average Bonchev–Trinajstić information content (AvgIpc) is 3.31. The Morgan fingerprint density at radius 2 is 1.65 bits per heavy atom. The summed E-state index contributed by atoms with van der Waals surface area (Å²) in [6.45, 7) is 3.54. The maximum atomic E-state index is 13.4. The fourth-order valence-electron chi connectivity index (χ4n) is 5.20. The van der Waals surface area contributed by atoms with Crippen LogP contribution in [0.25, 0.3) is 16.9 Å². The van der Waals surface area contributed by atoms with Crippen molar-refractivity contribution in [2.75, 3.05) is 43.1 Å². The molecule has 0 bridgehead atoms. The Bertz CT molecular complexity index is 1330. The molecule has 0 radical (unpaired) electrons. The van der Waals surface area contributed by atoms with Gasteiger partial charge in [0, 0.05) is 54.8 Å². The number of anilines is 2. The molecule has 6 nitrogen and oxygen atoms in total. The molecule has 2 aromatic carbocycles. The van der Waals surface area contributed by atoms with Gasteiger partial charge in [0.1, 0.15) is 17.4 Å². The zero-order valence-electron chi connectivity index (χ0n) is 19.4. The summed E-state index contributed by atoms with van der Waals surface area (Å²) in [5, 5.41) is 5.03. The Morgan fingerprint density at radius 1 is 0.882 bits per heavy atom. The molecule has 0 atom stereocenters. The van der Waals surface area contributed by atoms with E-state index in [-0.39, 0.29) is 5.82 Å².